The predicted molar refractivity (Wildman–Crippen MR) is 50.8 cm³/mol. The van der Waals surface area contributed by atoms with Crippen molar-refractivity contribution in [3.05, 3.63) is 0 Å². The Labute approximate surface area is 84.0 Å². The molecule has 0 spiro atoms. The van der Waals surface area contributed by atoms with Crippen LogP contribution in [0.4, 0.5) is 0 Å². The molecular formula is C9H17NO4. The third-order valence-electron chi connectivity index (χ3n) is 1.56. The second kappa shape index (κ2) is 7.32. The normalized spacial score (nSPS) is 10.0. The lowest BCUT2D eigenvalue weighted by Gasteiger charge is -2.15. The number of likely N-dealkylation sites (N-methyl/N-ethyl adjacent to an activating group) is 1. The second-order valence-electron chi connectivity index (χ2n) is 2.98. The smallest absolute Gasteiger partial charge is 0.302 e. The molecule has 0 radical (unpaired) electrons. The number of esters is 2. The molecule has 0 atom stereocenters. The number of rotatable bonds is 6. The molecule has 5 heteroatoms. The summed E-state index contributed by atoms with van der Waals surface area (Å²) in [5.41, 5.74) is 0. The Bertz CT molecular complexity index is 173. The predicted octanol–water partition coefficient (Wildman–Crippen LogP) is 0.0444. The van der Waals surface area contributed by atoms with Crippen LogP contribution in [0.25, 0.3) is 0 Å². The number of carbonyl (C=O) groups is 2. The minimum Gasteiger partial charge on any atom is -0.465 e. The molecular weight excluding hydrogens is 186 g/mol. The van der Waals surface area contributed by atoms with Gasteiger partial charge in [-0.25, -0.2) is 0 Å². The van der Waals surface area contributed by atoms with Crippen molar-refractivity contribution >= 4 is 11.9 Å². The van der Waals surface area contributed by atoms with Crippen LogP contribution in [0.2, 0.25) is 0 Å². The average molecular weight is 203 g/mol. The van der Waals surface area contributed by atoms with Gasteiger partial charge in [-0.2, -0.15) is 0 Å². The Morgan fingerprint density at radius 1 is 1.00 bits per heavy atom. The molecule has 5 nitrogen and oxygen atoms in total. The van der Waals surface area contributed by atoms with Gasteiger partial charge in [0.1, 0.15) is 13.2 Å². The monoisotopic (exact) mass is 203 g/mol. The minimum absolute atomic E-state index is 0.279. The van der Waals surface area contributed by atoms with Gasteiger partial charge in [0.2, 0.25) is 0 Å². The minimum atomic E-state index is -0.279. The Hall–Kier alpha value is -1.10. The summed E-state index contributed by atoms with van der Waals surface area (Å²) in [5, 5.41) is 0. The molecule has 0 saturated heterocycles. The summed E-state index contributed by atoms with van der Waals surface area (Å²) in [6, 6.07) is 0. The summed E-state index contributed by atoms with van der Waals surface area (Å²) in [6.45, 7) is 4.76. The van der Waals surface area contributed by atoms with Gasteiger partial charge in [-0.1, -0.05) is 0 Å². The molecule has 0 aromatic rings. The lowest BCUT2D eigenvalue weighted by Crippen LogP contribution is -2.28. The molecule has 0 aliphatic rings. The molecule has 0 heterocycles. The van der Waals surface area contributed by atoms with Crippen molar-refractivity contribution in [2.75, 3.05) is 33.4 Å². The van der Waals surface area contributed by atoms with Crippen LogP contribution in [-0.4, -0.2) is 50.2 Å². The summed E-state index contributed by atoms with van der Waals surface area (Å²) >= 11 is 0. The maximum atomic E-state index is 10.4. The fourth-order valence-electron chi connectivity index (χ4n) is 0.802. The quantitative estimate of drug-likeness (QED) is 0.571. The zero-order valence-electron chi connectivity index (χ0n) is 8.91. The summed E-state index contributed by atoms with van der Waals surface area (Å²) in [6.07, 6.45) is 0. The van der Waals surface area contributed by atoms with Crippen molar-refractivity contribution in [3.8, 4) is 0 Å². The van der Waals surface area contributed by atoms with Crippen molar-refractivity contribution in [2.45, 2.75) is 13.8 Å². The first-order valence-electron chi connectivity index (χ1n) is 4.47. The maximum Gasteiger partial charge on any atom is 0.302 e. The second-order valence-corrected chi connectivity index (χ2v) is 2.98. The summed E-state index contributed by atoms with van der Waals surface area (Å²) < 4.78 is 9.50. The lowest BCUT2D eigenvalue weighted by atomic mass is 10.5. The highest BCUT2D eigenvalue weighted by atomic mass is 16.5. The third kappa shape index (κ3) is 8.99. The molecule has 0 aliphatic heterocycles. The average Bonchev–Trinajstić information content (AvgIpc) is 2.02. The van der Waals surface area contributed by atoms with Crippen LogP contribution < -0.4 is 0 Å². The van der Waals surface area contributed by atoms with Crippen molar-refractivity contribution in [3.63, 3.8) is 0 Å². The maximum absolute atomic E-state index is 10.4. The molecule has 0 aromatic heterocycles. The van der Waals surface area contributed by atoms with Crippen LogP contribution in [0.5, 0.6) is 0 Å². The van der Waals surface area contributed by atoms with E-state index in [-0.39, 0.29) is 11.9 Å². The Balaban J connectivity index is 3.32. The highest BCUT2D eigenvalue weighted by Crippen LogP contribution is 1.85. The van der Waals surface area contributed by atoms with E-state index in [0.29, 0.717) is 26.3 Å². The molecule has 14 heavy (non-hydrogen) atoms. The zero-order valence-corrected chi connectivity index (χ0v) is 8.91. The fraction of sp³-hybridized carbons (Fsp3) is 0.778. The van der Waals surface area contributed by atoms with E-state index in [1.165, 1.54) is 13.8 Å². The molecule has 0 rings (SSSR count). The number of carbonyl (C=O) groups excluding carboxylic acids is 2. The molecule has 0 aromatic carbocycles. The number of hydrogen-bond donors (Lipinski definition) is 0. The van der Waals surface area contributed by atoms with Gasteiger partial charge in [-0.15, -0.1) is 0 Å². The number of nitrogens with zero attached hydrogens (tertiary/aromatic N) is 1. The van der Waals surface area contributed by atoms with Gasteiger partial charge in [0.05, 0.1) is 0 Å². The van der Waals surface area contributed by atoms with Crippen molar-refractivity contribution in [1.82, 2.24) is 4.90 Å². The molecule has 82 valence electrons. The lowest BCUT2D eigenvalue weighted by molar-refractivity contribution is -0.141. The SMILES string of the molecule is CC(=O)OCCN(C)CCOC(C)=O. The van der Waals surface area contributed by atoms with Gasteiger partial charge < -0.3 is 9.47 Å². The summed E-state index contributed by atoms with van der Waals surface area (Å²) in [4.78, 5) is 22.8. The first kappa shape index (κ1) is 12.9. The third-order valence-corrected chi connectivity index (χ3v) is 1.56. The number of ether oxygens (including phenoxy) is 2. The van der Waals surface area contributed by atoms with E-state index in [1.54, 1.807) is 0 Å². The summed E-state index contributed by atoms with van der Waals surface area (Å²) in [5.74, 6) is -0.559. The van der Waals surface area contributed by atoms with E-state index in [1.807, 2.05) is 11.9 Å². The zero-order chi connectivity index (χ0) is 11.0. The molecule has 0 N–H and O–H groups in total. The van der Waals surface area contributed by atoms with E-state index in [9.17, 15) is 9.59 Å². The van der Waals surface area contributed by atoms with Gasteiger partial charge in [0.25, 0.3) is 0 Å². The van der Waals surface area contributed by atoms with E-state index in [2.05, 4.69) is 0 Å². The standard InChI is InChI=1S/C9H17NO4/c1-8(11)13-6-4-10(3)5-7-14-9(2)12/h4-7H2,1-3H3. The Kier molecular flexibility index (Phi) is 6.74. The molecule has 0 unspecified atom stereocenters. The van der Waals surface area contributed by atoms with Crippen LogP contribution in [0.15, 0.2) is 0 Å². The first-order valence-corrected chi connectivity index (χ1v) is 4.47. The highest BCUT2D eigenvalue weighted by molar-refractivity contribution is 5.66. The molecule has 0 aliphatic carbocycles. The molecule has 0 fully saturated rings. The van der Waals surface area contributed by atoms with Crippen molar-refractivity contribution in [2.24, 2.45) is 0 Å². The first-order chi connectivity index (χ1) is 6.52. The van der Waals surface area contributed by atoms with Gasteiger partial charge in [-0.05, 0) is 7.05 Å². The Morgan fingerprint density at radius 3 is 1.64 bits per heavy atom. The van der Waals surface area contributed by atoms with E-state index >= 15 is 0 Å². The van der Waals surface area contributed by atoms with Crippen LogP contribution in [0.1, 0.15) is 13.8 Å². The van der Waals surface area contributed by atoms with Crippen LogP contribution >= 0.6 is 0 Å². The van der Waals surface area contributed by atoms with Gasteiger partial charge in [-0.3, -0.25) is 14.5 Å². The van der Waals surface area contributed by atoms with Crippen LogP contribution in [0.3, 0.4) is 0 Å². The van der Waals surface area contributed by atoms with Crippen LogP contribution in [0, 0.1) is 0 Å². The van der Waals surface area contributed by atoms with Gasteiger partial charge in [0.15, 0.2) is 0 Å². The fourth-order valence-corrected chi connectivity index (χ4v) is 0.802. The van der Waals surface area contributed by atoms with E-state index in [0.717, 1.165) is 0 Å². The Morgan fingerprint density at radius 2 is 1.36 bits per heavy atom. The van der Waals surface area contributed by atoms with Crippen LogP contribution in [-0.2, 0) is 19.1 Å². The highest BCUT2D eigenvalue weighted by Gasteiger charge is 2.00. The van der Waals surface area contributed by atoms with E-state index in [4.69, 9.17) is 9.47 Å². The van der Waals surface area contributed by atoms with Gasteiger partial charge >= 0.3 is 11.9 Å². The van der Waals surface area contributed by atoms with Crippen molar-refractivity contribution in [1.29, 1.82) is 0 Å². The molecule has 0 saturated carbocycles. The summed E-state index contributed by atoms with van der Waals surface area (Å²) in [7, 11) is 1.87. The topological polar surface area (TPSA) is 55.8 Å². The molecule has 0 bridgehead atoms. The van der Waals surface area contributed by atoms with E-state index < -0.39 is 0 Å². The van der Waals surface area contributed by atoms with Crippen molar-refractivity contribution < 1.29 is 19.1 Å². The largest absolute Gasteiger partial charge is 0.465 e. The molecule has 0 amide bonds. The van der Waals surface area contributed by atoms with Gasteiger partial charge in [0, 0.05) is 26.9 Å². The number of hydrogen-bond acceptors (Lipinski definition) is 5.